The molecule has 2 heterocycles. The second-order valence-corrected chi connectivity index (χ2v) is 10.3. The molecule has 0 bridgehead atoms. The Morgan fingerprint density at radius 1 is 1.03 bits per heavy atom. The molecule has 4 nitrogen and oxygen atoms in total. The summed E-state index contributed by atoms with van der Waals surface area (Å²) < 4.78 is 5.46. The molecular formula is C28H36N2O2. The van der Waals surface area contributed by atoms with Crippen LogP contribution in [0.2, 0.25) is 0 Å². The summed E-state index contributed by atoms with van der Waals surface area (Å²) in [6.45, 7) is 9.16. The molecule has 3 atom stereocenters. The number of ether oxygens (including phenoxy) is 1. The van der Waals surface area contributed by atoms with Crippen LogP contribution in [0.15, 0.2) is 48.5 Å². The molecule has 0 radical (unpaired) electrons. The van der Waals surface area contributed by atoms with Crippen LogP contribution in [0, 0.1) is 11.8 Å². The van der Waals surface area contributed by atoms with E-state index in [1.165, 1.54) is 22.3 Å². The van der Waals surface area contributed by atoms with Gasteiger partial charge in [0.25, 0.3) is 0 Å². The normalized spacial score (nSPS) is 25.7. The first-order chi connectivity index (χ1) is 15.6. The van der Waals surface area contributed by atoms with E-state index in [1.807, 2.05) is 0 Å². The van der Waals surface area contributed by atoms with Crippen LogP contribution in [0.5, 0.6) is 0 Å². The number of hydrogen-bond donors (Lipinski definition) is 1. The van der Waals surface area contributed by atoms with Gasteiger partial charge in [0, 0.05) is 51.1 Å². The summed E-state index contributed by atoms with van der Waals surface area (Å²) in [5.74, 6) is 2.21. The molecule has 0 aromatic heterocycles. The van der Waals surface area contributed by atoms with Gasteiger partial charge in [-0.1, -0.05) is 62.4 Å². The maximum absolute atomic E-state index is 13.0. The van der Waals surface area contributed by atoms with E-state index in [4.69, 9.17) is 4.74 Å². The van der Waals surface area contributed by atoms with E-state index in [0.717, 1.165) is 45.7 Å². The summed E-state index contributed by atoms with van der Waals surface area (Å²) in [6, 6.07) is 18.0. The average Bonchev–Trinajstić information content (AvgIpc) is 3.33. The Bertz CT molecular complexity index is 933. The zero-order chi connectivity index (χ0) is 22.1. The first kappa shape index (κ1) is 21.7. The molecule has 2 fully saturated rings. The second-order valence-electron chi connectivity index (χ2n) is 10.3. The summed E-state index contributed by atoms with van der Waals surface area (Å²) >= 11 is 0. The maximum Gasteiger partial charge on any atom is 0.220 e. The van der Waals surface area contributed by atoms with Crippen LogP contribution in [0.25, 0.3) is 0 Å². The zero-order valence-electron chi connectivity index (χ0n) is 19.4. The van der Waals surface area contributed by atoms with Crippen molar-refractivity contribution in [2.24, 2.45) is 11.8 Å². The molecule has 0 unspecified atom stereocenters. The van der Waals surface area contributed by atoms with Gasteiger partial charge in [0.2, 0.25) is 5.91 Å². The number of carbonyl (C=O) groups excluding carboxylic acids is 1. The van der Waals surface area contributed by atoms with Gasteiger partial charge in [-0.2, -0.15) is 0 Å². The van der Waals surface area contributed by atoms with Crippen molar-refractivity contribution >= 4 is 5.91 Å². The van der Waals surface area contributed by atoms with E-state index in [1.54, 1.807) is 0 Å². The molecule has 4 heteroatoms. The molecule has 1 aliphatic carbocycles. The minimum absolute atomic E-state index is 0.136. The molecule has 0 saturated carbocycles. The lowest BCUT2D eigenvalue weighted by atomic mass is 9.93. The predicted molar refractivity (Wildman–Crippen MR) is 128 cm³/mol. The molecule has 2 aromatic carbocycles. The van der Waals surface area contributed by atoms with Gasteiger partial charge in [-0.15, -0.1) is 0 Å². The van der Waals surface area contributed by atoms with Crippen molar-refractivity contribution in [3.8, 4) is 0 Å². The molecule has 1 amide bonds. The summed E-state index contributed by atoms with van der Waals surface area (Å²) in [5, 5.41) is 3.45. The number of benzene rings is 2. The van der Waals surface area contributed by atoms with Gasteiger partial charge >= 0.3 is 0 Å². The molecule has 2 aromatic rings. The van der Waals surface area contributed by atoms with Crippen LogP contribution in [0.1, 0.15) is 73.2 Å². The van der Waals surface area contributed by atoms with E-state index < -0.39 is 0 Å². The van der Waals surface area contributed by atoms with Crippen molar-refractivity contribution in [3.63, 3.8) is 0 Å². The van der Waals surface area contributed by atoms with E-state index in [0.29, 0.717) is 30.1 Å². The molecule has 2 aliphatic heterocycles. The Labute approximate surface area is 192 Å². The Hall–Kier alpha value is -2.17. The highest BCUT2D eigenvalue weighted by Gasteiger charge is 2.46. The number of carbonyl (C=O) groups is 1. The number of nitrogens with zero attached hydrogens (tertiary/aromatic N) is 1. The molecular weight excluding hydrogens is 396 g/mol. The molecule has 0 spiro atoms. The van der Waals surface area contributed by atoms with Crippen LogP contribution in [0.4, 0.5) is 0 Å². The van der Waals surface area contributed by atoms with Crippen LogP contribution in [-0.2, 0) is 16.1 Å². The standard InChI is InChI=1S/C28H36N2O2/c1-19(2)22-9-7-21(8-10-22)16-30-17-25-23-5-3-4-6-24(23)28(26(25)18-30)29-27(31)15-20-11-13-32-14-12-20/h3-10,19-20,25-26,28H,11-18H2,1-2H3,(H,29,31)/t25-,26-,28+/m0/s1. The minimum Gasteiger partial charge on any atom is -0.381 e. The predicted octanol–water partition coefficient (Wildman–Crippen LogP) is 5.01. The second kappa shape index (κ2) is 9.36. The van der Waals surface area contributed by atoms with Gasteiger partial charge in [-0.3, -0.25) is 9.69 Å². The van der Waals surface area contributed by atoms with E-state index in [9.17, 15) is 4.79 Å². The fourth-order valence-corrected chi connectivity index (χ4v) is 5.97. The van der Waals surface area contributed by atoms with Crippen molar-refractivity contribution in [3.05, 3.63) is 70.8 Å². The highest BCUT2D eigenvalue weighted by atomic mass is 16.5. The van der Waals surface area contributed by atoms with Gasteiger partial charge in [-0.05, 0) is 46.9 Å². The fraction of sp³-hybridized carbons (Fsp3) is 0.536. The quantitative estimate of drug-likeness (QED) is 0.697. The van der Waals surface area contributed by atoms with Crippen LogP contribution in [-0.4, -0.2) is 37.1 Å². The van der Waals surface area contributed by atoms with Crippen LogP contribution >= 0.6 is 0 Å². The fourth-order valence-electron chi connectivity index (χ4n) is 5.97. The van der Waals surface area contributed by atoms with E-state index in [-0.39, 0.29) is 11.9 Å². The average molecular weight is 433 g/mol. The van der Waals surface area contributed by atoms with Crippen molar-refractivity contribution in [2.45, 2.75) is 57.5 Å². The van der Waals surface area contributed by atoms with Gasteiger partial charge in [0.15, 0.2) is 0 Å². The molecule has 3 aliphatic rings. The monoisotopic (exact) mass is 432 g/mol. The Morgan fingerprint density at radius 3 is 2.47 bits per heavy atom. The van der Waals surface area contributed by atoms with Gasteiger partial charge in [0.1, 0.15) is 0 Å². The number of fused-ring (bicyclic) bond motifs is 3. The van der Waals surface area contributed by atoms with Crippen molar-refractivity contribution in [1.82, 2.24) is 10.2 Å². The van der Waals surface area contributed by atoms with E-state index >= 15 is 0 Å². The lowest BCUT2D eigenvalue weighted by Gasteiger charge is -2.25. The Morgan fingerprint density at radius 2 is 1.75 bits per heavy atom. The van der Waals surface area contributed by atoms with Crippen molar-refractivity contribution < 1.29 is 9.53 Å². The zero-order valence-corrected chi connectivity index (χ0v) is 19.4. The third-order valence-electron chi connectivity index (χ3n) is 7.78. The third-order valence-corrected chi connectivity index (χ3v) is 7.78. The molecule has 170 valence electrons. The van der Waals surface area contributed by atoms with Crippen molar-refractivity contribution in [1.29, 1.82) is 0 Å². The van der Waals surface area contributed by atoms with Crippen molar-refractivity contribution in [2.75, 3.05) is 26.3 Å². The lowest BCUT2D eigenvalue weighted by molar-refractivity contribution is -0.123. The Balaban J connectivity index is 1.27. The van der Waals surface area contributed by atoms with Crippen LogP contribution < -0.4 is 5.32 Å². The minimum atomic E-state index is 0.136. The van der Waals surface area contributed by atoms with E-state index in [2.05, 4.69) is 72.6 Å². The number of hydrogen-bond acceptors (Lipinski definition) is 3. The molecule has 1 N–H and O–H groups in total. The highest BCUT2D eigenvalue weighted by Crippen LogP contribution is 2.49. The molecule has 2 saturated heterocycles. The van der Waals surface area contributed by atoms with Crippen LogP contribution in [0.3, 0.4) is 0 Å². The topological polar surface area (TPSA) is 41.6 Å². The Kier molecular flexibility index (Phi) is 6.34. The van der Waals surface area contributed by atoms with Gasteiger partial charge < -0.3 is 10.1 Å². The smallest absolute Gasteiger partial charge is 0.220 e. The first-order valence-corrected chi connectivity index (χ1v) is 12.4. The molecule has 5 rings (SSSR count). The number of likely N-dealkylation sites (tertiary alicyclic amines) is 1. The highest BCUT2D eigenvalue weighted by molar-refractivity contribution is 5.77. The summed E-state index contributed by atoms with van der Waals surface area (Å²) in [4.78, 5) is 15.5. The van der Waals surface area contributed by atoms with Gasteiger partial charge in [-0.25, -0.2) is 0 Å². The summed E-state index contributed by atoms with van der Waals surface area (Å²) in [6.07, 6.45) is 2.64. The number of rotatable bonds is 6. The maximum atomic E-state index is 13.0. The number of nitrogens with one attached hydrogen (secondary N) is 1. The summed E-state index contributed by atoms with van der Waals surface area (Å²) in [7, 11) is 0. The lowest BCUT2D eigenvalue weighted by Crippen LogP contribution is -2.35. The third kappa shape index (κ3) is 4.49. The first-order valence-electron chi connectivity index (χ1n) is 12.4. The SMILES string of the molecule is CC(C)c1ccc(CN2C[C@@H]3[C@H](NC(=O)CC4CCOCC4)c4ccccc4[C@@H]3C2)cc1. The molecule has 32 heavy (non-hydrogen) atoms. The summed E-state index contributed by atoms with van der Waals surface area (Å²) in [5.41, 5.74) is 5.55. The largest absolute Gasteiger partial charge is 0.381 e. The van der Waals surface area contributed by atoms with Gasteiger partial charge in [0.05, 0.1) is 6.04 Å². The number of amides is 1.